The number of hydrogen-bond acceptors (Lipinski definition) is 1. The van der Waals surface area contributed by atoms with E-state index in [9.17, 15) is 0 Å². The van der Waals surface area contributed by atoms with Crippen LogP contribution in [0.4, 0.5) is 0 Å². The summed E-state index contributed by atoms with van der Waals surface area (Å²) in [4.78, 5) is 3.57. The third kappa shape index (κ3) is 1.85. The fourth-order valence-corrected chi connectivity index (χ4v) is 1.95. The Morgan fingerprint density at radius 3 is 2.57 bits per heavy atom. The lowest BCUT2D eigenvalue weighted by molar-refractivity contribution is 0.569. The summed E-state index contributed by atoms with van der Waals surface area (Å²) in [6.45, 7) is 9.01. The third-order valence-electron chi connectivity index (χ3n) is 2.92. The van der Waals surface area contributed by atoms with Crippen molar-refractivity contribution in [3.05, 3.63) is 23.0 Å². The SMILES string of the molecule is CC(C)(C)c1cc2c([nH]1)CCNCC2. The average molecular weight is 192 g/mol. The molecule has 0 bridgehead atoms. The highest BCUT2D eigenvalue weighted by Crippen LogP contribution is 2.25. The fourth-order valence-electron chi connectivity index (χ4n) is 1.95. The number of hydrogen-bond donors (Lipinski definition) is 2. The van der Waals surface area contributed by atoms with Gasteiger partial charge in [0.2, 0.25) is 0 Å². The smallest absolute Gasteiger partial charge is 0.0206 e. The number of rotatable bonds is 0. The van der Waals surface area contributed by atoms with Crippen molar-refractivity contribution in [1.82, 2.24) is 10.3 Å². The quantitative estimate of drug-likeness (QED) is 0.646. The standard InChI is InChI=1S/C12H20N2/c1-12(2,3)11-8-9-4-6-13-7-5-10(9)14-11/h8,13-14H,4-7H2,1-3H3. The first-order valence-electron chi connectivity index (χ1n) is 5.49. The topological polar surface area (TPSA) is 27.8 Å². The van der Waals surface area contributed by atoms with Crippen LogP contribution in [0.5, 0.6) is 0 Å². The molecule has 1 aliphatic rings. The van der Waals surface area contributed by atoms with Crippen molar-refractivity contribution >= 4 is 0 Å². The number of aromatic nitrogens is 1. The molecular weight excluding hydrogens is 172 g/mol. The van der Waals surface area contributed by atoms with Crippen molar-refractivity contribution in [2.45, 2.75) is 39.0 Å². The lowest BCUT2D eigenvalue weighted by Crippen LogP contribution is -2.17. The van der Waals surface area contributed by atoms with E-state index in [1.807, 2.05) is 0 Å². The van der Waals surface area contributed by atoms with E-state index in [0.29, 0.717) is 0 Å². The van der Waals surface area contributed by atoms with Gasteiger partial charge in [-0.2, -0.15) is 0 Å². The molecule has 0 aliphatic carbocycles. The molecule has 0 spiro atoms. The Bertz CT molecular complexity index is 294. The Hall–Kier alpha value is -0.760. The van der Waals surface area contributed by atoms with Crippen molar-refractivity contribution in [2.75, 3.05) is 13.1 Å². The van der Waals surface area contributed by atoms with Crippen LogP contribution in [0.3, 0.4) is 0 Å². The molecule has 2 N–H and O–H groups in total. The van der Waals surface area contributed by atoms with E-state index in [1.165, 1.54) is 23.4 Å². The lowest BCUT2D eigenvalue weighted by Gasteiger charge is -2.16. The molecular formula is C12H20N2. The van der Waals surface area contributed by atoms with Crippen molar-refractivity contribution in [1.29, 1.82) is 0 Å². The van der Waals surface area contributed by atoms with Gasteiger partial charge in [0.25, 0.3) is 0 Å². The molecule has 2 rings (SSSR count). The third-order valence-corrected chi connectivity index (χ3v) is 2.92. The fraction of sp³-hybridized carbons (Fsp3) is 0.667. The van der Waals surface area contributed by atoms with E-state index < -0.39 is 0 Å². The Balaban J connectivity index is 2.31. The van der Waals surface area contributed by atoms with Crippen LogP contribution in [-0.2, 0) is 18.3 Å². The first kappa shape index (κ1) is 9.78. The van der Waals surface area contributed by atoms with E-state index in [2.05, 4.69) is 37.1 Å². The second kappa shape index (κ2) is 3.43. The Labute approximate surface area is 86.1 Å². The predicted molar refractivity (Wildman–Crippen MR) is 59.8 cm³/mol. The summed E-state index contributed by atoms with van der Waals surface area (Å²) >= 11 is 0. The predicted octanol–water partition coefficient (Wildman–Crippen LogP) is 2.00. The van der Waals surface area contributed by atoms with Crippen molar-refractivity contribution in [3.63, 3.8) is 0 Å². The zero-order valence-corrected chi connectivity index (χ0v) is 9.41. The molecule has 0 aromatic carbocycles. The van der Waals surface area contributed by atoms with Gasteiger partial charge in [-0.1, -0.05) is 20.8 Å². The van der Waals surface area contributed by atoms with Gasteiger partial charge in [-0.05, 0) is 24.6 Å². The summed E-state index contributed by atoms with van der Waals surface area (Å²) in [7, 11) is 0. The molecule has 0 radical (unpaired) electrons. The molecule has 1 aromatic heterocycles. The summed E-state index contributed by atoms with van der Waals surface area (Å²) < 4.78 is 0. The monoisotopic (exact) mass is 192 g/mol. The van der Waals surface area contributed by atoms with Crippen molar-refractivity contribution in [2.24, 2.45) is 0 Å². The van der Waals surface area contributed by atoms with Gasteiger partial charge in [0.15, 0.2) is 0 Å². The number of H-pyrrole nitrogens is 1. The summed E-state index contributed by atoms with van der Waals surface area (Å²) in [5.74, 6) is 0. The molecule has 14 heavy (non-hydrogen) atoms. The largest absolute Gasteiger partial charge is 0.362 e. The number of aromatic amines is 1. The highest BCUT2D eigenvalue weighted by atomic mass is 14.9. The van der Waals surface area contributed by atoms with Gasteiger partial charge in [-0.25, -0.2) is 0 Å². The van der Waals surface area contributed by atoms with Crippen LogP contribution in [0.15, 0.2) is 6.07 Å². The normalized spacial score (nSPS) is 17.6. The molecule has 0 saturated heterocycles. The maximum atomic E-state index is 3.57. The van der Waals surface area contributed by atoms with E-state index in [0.717, 1.165) is 19.5 Å². The zero-order valence-electron chi connectivity index (χ0n) is 9.41. The highest BCUT2D eigenvalue weighted by molar-refractivity contribution is 5.30. The Morgan fingerprint density at radius 1 is 1.14 bits per heavy atom. The van der Waals surface area contributed by atoms with Crippen molar-refractivity contribution < 1.29 is 0 Å². The van der Waals surface area contributed by atoms with E-state index in [-0.39, 0.29) is 5.41 Å². The first-order valence-corrected chi connectivity index (χ1v) is 5.49. The van der Waals surface area contributed by atoms with Gasteiger partial charge in [0.05, 0.1) is 0 Å². The molecule has 1 aromatic rings. The van der Waals surface area contributed by atoms with Crippen LogP contribution in [0, 0.1) is 0 Å². The highest BCUT2D eigenvalue weighted by Gasteiger charge is 2.19. The second-order valence-electron chi connectivity index (χ2n) is 5.19. The lowest BCUT2D eigenvalue weighted by atomic mass is 9.92. The number of fused-ring (bicyclic) bond motifs is 1. The number of nitrogens with one attached hydrogen (secondary N) is 2. The second-order valence-corrected chi connectivity index (χ2v) is 5.19. The molecule has 78 valence electrons. The van der Waals surface area contributed by atoms with Crippen LogP contribution in [0.25, 0.3) is 0 Å². The summed E-state index contributed by atoms with van der Waals surface area (Å²) in [6.07, 6.45) is 2.31. The van der Waals surface area contributed by atoms with E-state index in [1.54, 1.807) is 0 Å². The zero-order chi connectivity index (χ0) is 10.2. The van der Waals surface area contributed by atoms with Gasteiger partial charge < -0.3 is 10.3 Å². The van der Waals surface area contributed by atoms with Gasteiger partial charge in [-0.3, -0.25) is 0 Å². The Morgan fingerprint density at radius 2 is 1.86 bits per heavy atom. The van der Waals surface area contributed by atoms with Crippen molar-refractivity contribution in [3.8, 4) is 0 Å². The first-order chi connectivity index (χ1) is 6.57. The summed E-state index contributed by atoms with van der Waals surface area (Å²) in [5, 5.41) is 3.42. The van der Waals surface area contributed by atoms with Gasteiger partial charge in [0, 0.05) is 29.8 Å². The molecule has 0 unspecified atom stereocenters. The van der Waals surface area contributed by atoms with Gasteiger partial charge >= 0.3 is 0 Å². The Kier molecular flexibility index (Phi) is 2.40. The molecule has 0 atom stereocenters. The summed E-state index contributed by atoms with van der Waals surface area (Å²) in [5.41, 5.74) is 4.59. The van der Waals surface area contributed by atoms with Crippen LogP contribution in [-0.4, -0.2) is 18.1 Å². The van der Waals surface area contributed by atoms with Gasteiger partial charge in [0.1, 0.15) is 0 Å². The van der Waals surface area contributed by atoms with E-state index in [4.69, 9.17) is 0 Å². The molecule has 2 heterocycles. The van der Waals surface area contributed by atoms with E-state index >= 15 is 0 Å². The molecule has 2 nitrogen and oxygen atoms in total. The maximum absolute atomic E-state index is 3.57. The minimum Gasteiger partial charge on any atom is -0.362 e. The van der Waals surface area contributed by atoms with Gasteiger partial charge in [-0.15, -0.1) is 0 Å². The van der Waals surface area contributed by atoms with Crippen LogP contribution >= 0.6 is 0 Å². The summed E-state index contributed by atoms with van der Waals surface area (Å²) in [6, 6.07) is 2.35. The molecule has 0 amide bonds. The average Bonchev–Trinajstić information content (AvgIpc) is 2.38. The van der Waals surface area contributed by atoms with Crippen LogP contribution in [0.2, 0.25) is 0 Å². The molecule has 0 saturated carbocycles. The van der Waals surface area contributed by atoms with Crippen LogP contribution in [0.1, 0.15) is 37.7 Å². The molecule has 2 heteroatoms. The van der Waals surface area contributed by atoms with Crippen LogP contribution < -0.4 is 5.32 Å². The maximum Gasteiger partial charge on any atom is 0.0206 e. The molecule has 1 aliphatic heterocycles. The minimum atomic E-state index is 0.250. The minimum absolute atomic E-state index is 0.250. The molecule has 0 fully saturated rings.